The third kappa shape index (κ3) is 5.93. The van der Waals surface area contributed by atoms with Gasteiger partial charge in [-0.3, -0.25) is 9.59 Å². The molecule has 0 aromatic heterocycles. The van der Waals surface area contributed by atoms with Gasteiger partial charge in [0.2, 0.25) is 5.91 Å². The Balaban J connectivity index is 2.55. The van der Waals surface area contributed by atoms with E-state index in [0.717, 1.165) is 12.0 Å². The first kappa shape index (κ1) is 22.7. The average molecular weight is 395 g/mol. The number of hydrogen-bond donors (Lipinski definition) is 1. The van der Waals surface area contributed by atoms with Crippen molar-refractivity contribution in [3.63, 3.8) is 0 Å². The van der Waals surface area contributed by atoms with Gasteiger partial charge in [-0.05, 0) is 51.3 Å². The standard InChI is InChI=1S/C25H34N2O2/c1-7-18(2)22(23(28)26-25(4,5)6)27(19(3)20-14-10-8-11-15-20)24(29)21-16-12-9-13-17-21/h8-19,22H,7H2,1-6H3,(H,26,28)/t18-,19-,22-/m1/s1. The van der Waals surface area contributed by atoms with Crippen LogP contribution in [0.2, 0.25) is 0 Å². The lowest BCUT2D eigenvalue weighted by molar-refractivity contribution is -0.129. The summed E-state index contributed by atoms with van der Waals surface area (Å²) in [6.07, 6.45) is 0.794. The maximum absolute atomic E-state index is 13.6. The molecule has 0 heterocycles. The highest BCUT2D eigenvalue weighted by Gasteiger charge is 2.38. The summed E-state index contributed by atoms with van der Waals surface area (Å²) < 4.78 is 0. The van der Waals surface area contributed by atoms with Crippen LogP contribution in [0.3, 0.4) is 0 Å². The van der Waals surface area contributed by atoms with Gasteiger partial charge in [-0.25, -0.2) is 0 Å². The van der Waals surface area contributed by atoms with E-state index in [9.17, 15) is 9.59 Å². The predicted molar refractivity (Wildman–Crippen MR) is 119 cm³/mol. The summed E-state index contributed by atoms with van der Waals surface area (Å²) in [6.45, 7) is 12.0. The second-order valence-corrected chi connectivity index (χ2v) is 8.73. The van der Waals surface area contributed by atoms with E-state index in [-0.39, 0.29) is 29.3 Å². The lowest BCUT2D eigenvalue weighted by atomic mass is 9.92. The summed E-state index contributed by atoms with van der Waals surface area (Å²) in [5.41, 5.74) is 1.22. The highest BCUT2D eigenvalue weighted by Crippen LogP contribution is 2.29. The molecule has 0 fully saturated rings. The van der Waals surface area contributed by atoms with E-state index in [1.807, 2.05) is 95.3 Å². The number of rotatable bonds is 7. The van der Waals surface area contributed by atoms with Gasteiger partial charge in [-0.2, -0.15) is 0 Å². The molecular formula is C25H34N2O2. The molecular weight excluding hydrogens is 360 g/mol. The second kappa shape index (κ2) is 9.73. The minimum atomic E-state index is -0.567. The number of nitrogens with one attached hydrogen (secondary N) is 1. The van der Waals surface area contributed by atoms with Crippen LogP contribution < -0.4 is 5.32 Å². The zero-order valence-corrected chi connectivity index (χ0v) is 18.5. The molecule has 0 aliphatic heterocycles. The molecule has 2 amide bonds. The number of hydrogen-bond acceptors (Lipinski definition) is 2. The first-order chi connectivity index (χ1) is 13.7. The van der Waals surface area contributed by atoms with Crippen LogP contribution in [0.15, 0.2) is 60.7 Å². The molecule has 0 spiro atoms. The number of benzene rings is 2. The lowest BCUT2D eigenvalue weighted by Crippen LogP contribution is -2.56. The molecule has 2 aromatic carbocycles. The molecule has 0 radical (unpaired) electrons. The van der Waals surface area contributed by atoms with Gasteiger partial charge in [-0.1, -0.05) is 68.8 Å². The summed E-state index contributed by atoms with van der Waals surface area (Å²) >= 11 is 0. The Labute approximate surface area is 175 Å². The van der Waals surface area contributed by atoms with Crippen LogP contribution in [-0.2, 0) is 4.79 Å². The molecule has 2 rings (SSSR count). The Morgan fingerprint density at radius 1 is 0.931 bits per heavy atom. The molecule has 0 unspecified atom stereocenters. The Bertz CT molecular complexity index is 797. The van der Waals surface area contributed by atoms with Crippen molar-refractivity contribution in [3.05, 3.63) is 71.8 Å². The summed E-state index contributed by atoms with van der Waals surface area (Å²) in [5.74, 6) is -0.230. The first-order valence-corrected chi connectivity index (χ1v) is 10.4. The van der Waals surface area contributed by atoms with Gasteiger partial charge in [0, 0.05) is 11.1 Å². The van der Waals surface area contributed by atoms with E-state index < -0.39 is 6.04 Å². The zero-order valence-electron chi connectivity index (χ0n) is 18.5. The molecule has 0 saturated heterocycles. The fourth-order valence-corrected chi connectivity index (χ4v) is 3.49. The summed E-state index contributed by atoms with van der Waals surface area (Å²) in [6, 6.07) is 18.3. The monoisotopic (exact) mass is 394 g/mol. The fourth-order valence-electron chi connectivity index (χ4n) is 3.49. The Hall–Kier alpha value is -2.62. The van der Waals surface area contributed by atoms with Gasteiger partial charge < -0.3 is 10.2 Å². The molecule has 29 heavy (non-hydrogen) atoms. The number of nitrogens with zero attached hydrogens (tertiary/aromatic N) is 1. The van der Waals surface area contributed by atoms with Crippen LogP contribution in [0, 0.1) is 5.92 Å². The average Bonchev–Trinajstić information content (AvgIpc) is 2.70. The van der Waals surface area contributed by atoms with Crippen LogP contribution in [0.4, 0.5) is 0 Å². The van der Waals surface area contributed by atoms with Crippen molar-refractivity contribution < 1.29 is 9.59 Å². The van der Waals surface area contributed by atoms with Crippen molar-refractivity contribution in [3.8, 4) is 0 Å². The van der Waals surface area contributed by atoms with Crippen LogP contribution in [0.25, 0.3) is 0 Å². The molecule has 4 nitrogen and oxygen atoms in total. The smallest absolute Gasteiger partial charge is 0.255 e. The fraction of sp³-hybridized carbons (Fsp3) is 0.440. The van der Waals surface area contributed by atoms with Crippen molar-refractivity contribution in [2.75, 3.05) is 0 Å². The maximum atomic E-state index is 13.6. The Morgan fingerprint density at radius 3 is 1.93 bits per heavy atom. The van der Waals surface area contributed by atoms with Crippen molar-refractivity contribution in [1.82, 2.24) is 10.2 Å². The van der Waals surface area contributed by atoms with Gasteiger partial charge in [0.15, 0.2) is 0 Å². The molecule has 3 atom stereocenters. The van der Waals surface area contributed by atoms with Gasteiger partial charge in [0.1, 0.15) is 6.04 Å². The minimum Gasteiger partial charge on any atom is -0.350 e. The van der Waals surface area contributed by atoms with Gasteiger partial charge in [-0.15, -0.1) is 0 Å². The molecule has 0 bridgehead atoms. The van der Waals surface area contributed by atoms with Crippen molar-refractivity contribution in [1.29, 1.82) is 0 Å². The molecule has 0 saturated carbocycles. The maximum Gasteiger partial charge on any atom is 0.255 e. The second-order valence-electron chi connectivity index (χ2n) is 8.73. The van der Waals surface area contributed by atoms with Crippen LogP contribution in [0.1, 0.15) is 69.9 Å². The first-order valence-electron chi connectivity index (χ1n) is 10.4. The van der Waals surface area contributed by atoms with E-state index in [2.05, 4.69) is 12.2 Å². The molecule has 2 aromatic rings. The third-order valence-electron chi connectivity index (χ3n) is 5.20. The van der Waals surface area contributed by atoms with Gasteiger partial charge in [0.05, 0.1) is 6.04 Å². The van der Waals surface area contributed by atoms with E-state index in [1.54, 1.807) is 4.90 Å². The van der Waals surface area contributed by atoms with Crippen LogP contribution in [-0.4, -0.2) is 28.3 Å². The quantitative estimate of drug-likeness (QED) is 0.700. The topological polar surface area (TPSA) is 49.4 Å². The van der Waals surface area contributed by atoms with Crippen molar-refractivity contribution in [2.24, 2.45) is 5.92 Å². The predicted octanol–water partition coefficient (Wildman–Crippen LogP) is 5.22. The molecule has 0 aliphatic rings. The van der Waals surface area contributed by atoms with Crippen LogP contribution in [0.5, 0.6) is 0 Å². The van der Waals surface area contributed by atoms with E-state index in [4.69, 9.17) is 0 Å². The van der Waals surface area contributed by atoms with Crippen LogP contribution >= 0.6 is 0 Å². The van der Waals surface area contributed by atoms with E-state index in [0.29, 0.717) is 5.56 Å². The number of amides is 2. The van der Waals surface area contributed by atoms with Crippen molar-refractivity contribution >= 4 is 11.8 Å². The Morgan fingerprint density at radius 2 is 1.45 bits per heavy atom. The third-order valence-corrected chi connectivity index (χ3v) is 5.20. The highest BCUT2D eigenvalue weighted by atomic mass is 16.2. The highest BCUT2D eigenvalue weighted by molar-refractivity contribution is 5.98. The van der Waals surface area contributed by atoms with E-state index in [1.165, 1.54) is 0 Å². The SMILES string of the molecule is CC[C@@H](C)[C@H](C(=O)NC(C)(C)C)N(C(=O)c1ccccc1)[C@H](C)c1ccccc1. The Kier molecular flexibility index (Phi) is 7.60. The largest absolute Gasteiger partial charge is 0.350 e. The van der Waals surface area contributed by atoms with Gasteiger partial charge in [0.25, 0.3) is 5.91 Å². The van der Waals surface area contributed by atoms with E-state index >= 15 is 0 Å². The zero-order chi connectivity index (χ0) is 21.6. The number of carbonyl (C=O) groups is 2. The summed E-state index contributed by atoms with van der Waals surface area (Å²) in [4.78, 5) is 28.8. The molecule has 1 N–H and O–H groups in total. The number of carbonyl (C=O) groups excluding carboxylic acids is 2. The minimum absolute atomic E-state index is 0.0103. The molecule has 0 aliphatic carbocycles. The normalized spacial score (nSPS) is 14.6. The van der Waals surface area contributed by atoms with Crippen molar-refractivity contribution in [2.45, 2.75) is 65.6 Å². The van der Waals surface area contributed by atoms with Gasteiger partial charge >= 0.3 is 0 Å². The molecule has 156 valence electrons. The lowest BCUT2D eigenvalue weighted by Gasteiger charge is -2.40. The summed E-state index contributed by atoms with van der Waals surface area (Å²) in [7, 11) is 0. The molecule has 4 heteroatoms. The summed E-state index contributed by atoms with van der Waals surface area (Å²) in [5, 5.41) is 3.09.